The highest BCUT2D eigenvalue weighted by atomic mass is 32.2. The maximum absolute atomic E-state index is 12.9. The van der Waals surface area contributed by atoms with Crippen LogP contribution in [-0.2, 0) is 4.79 Å². The summed E-state index contributed by atoms with van der Waals surface area (Å²) in [4.78, 5) is 14.5. The van der Waals surface area contributed by atoms with Gasteiger partial charge in [-0.05, 0) is 30.5 Å². The lowest BCUT2D eigenvalue weighted by molar-refractivity contribution is -0.128. The lowest BCUT2D eigenvalue weighted by Crippen LogP contribution is -2.27. The molecule has 1 aliphatic carbocycles. The van der Waals surface area contributed by atoms with Gasteiger partial charge in [-0.1, -0.05) is 60.3 Å². The van der Waals surface area contributed by atoms with Gasteiger partial charge in [0.15, 0.2) is 5.16 Å². The largest absolute Gasteiger partial charge is 0.348 e. The van der Waals surface area contributed by atoms with E-state index in [1.165, 1.54) is 11.8 Å². The summed E-state index contributed by atoms with van der Waals surface area (Å²) in [6, 6.07) is 20.0. The van der Waals surface area contributed by atoms with Crippen molar-refractivity contribution in [3.63, 3.8) is 0 Å². The van der Waals surface area contributed by atoms with Crippen LogP contribution in [0.15, 0.2) is 65.8 Å². The summed E-state index contributed by atoms with van der Waals surface area (Å²) in [6.45, 7) is 0. The molecular weight excluding hydrogens is 356 g/mol. The van der Waals surface area contributed by atoms with E-state index in [0.717, 1.165) is 35.1 Å². The Kier molecular flexibility index (Phi) is 4.99. The Morgan fingerprint density at radius 1 is 1.04 bits per heavy atom. The van der Waals surface area contributed by atoms with E-state index in [2.05, 4.69) is 26.9 Å². The quantitative estimate of drug-likeness (QED) is 0.607. The second-order valence-corrected chi connectivity index (χ2v) is 8.00. The molecule has 0 aliphatic heterocycles. The number of aromatic nitrogens is 3. The van der Waals surface area contributed by atoms with Crippen molar-refractivity contribution < 1.29 is 4.79 Å². The molecule has 5 nitrogen and oxygen atoms in total. The maximum Gasteiger partial charge on any atom is 0.240 e. The van der Waals surface area contributed by atoms with Crippen molar-refractivity contribution in [1.29, 1.82) is 0 Å². The monoisotopic (exact) mass is 378 g/mol. The van der Waals surface area contributed by atoms with Gasteiger partial charge in [0.05, 0.1) is 0 Å². The molecule has 1 atom stereocenters. The molecule has 138 valence electrons. The number of likely N-dealkylation sites (N-methyl/N-ethyl adjacent to an activating group) is 1. The first-order valence-electron chi connectivity index (χ1n) is 9.08. The third kappa shape index (κ3) is 3.76. The molecular formula is C21H22N4OS. The van der Waals surface area contributed by atoms with Crippen molar-refractivity contribution in [3.8, 4) is 5.69 Å². The van der Waals surface area contributed by atoms with Gasteiger partial charge >= 0.3 is 0 Å². The number of benzene rings is 2. The fourth-order valence-corrected chi connectivity index (χ4v) is 4.22. The average Bonchev–Trinajstić information content (AvgIpc) is 3.46. The molecule has 3 aromatic rings. The first-order chi connectivity index (χ1) is 13.1. The van der Waals surface area contributed by atoms with Gasteiger partial charge in [0, 0.05) is 25.7 Å². The van der Waals surface area contributed by atoms with Gasteiger partial charge in [0.2, 0.25) is 5.91 Å². The molecule has 2 aromatic carbocycles. The summed E-state index contributed by atoms with van der Waals surface area (Å²) >= 11 is 1.46. The Hall–Kier alpha value is -2.60. The number of thioether (sulfide) groups is 1. The zero-order valence-electron chi connectivity index (χ0n) is 15.4. The van der Waals surface area contributed by atoms with Crippen LogP contribution in [0.3, 0.4) is 0 Å². The molecule has 1 amide bonds. The van der Waals surface area contributed by atoms with Gasteiger partial charge in [-0.25, -0.2) is 0 Å². The molecule has 0 N–H and O–H groups in total. The molecule has 1 fully saturated rings. The fourth-order valence-electron chi connectivity index (χ4n) is 3.01. The van der Waals surface area contributed by atoms with Crippen LogP contribution in [-0.4, -0.2) is 39.7 Å². The predicted molar refractivity (Wildman–Crippen MR) is 107 cm³/mol. The zero-order chi connectivity index (χ0) is 18.8. The summed E-state index contributed by atoms with van der Waals surface area (Å²) in [6.07, 6.45) is 2.29. The number of carbonyl (C=O) groups is 1. The Morgan fingerprint density at radius 2 is 1.67 bits per heavy atom. The van der Waals surface area contributed by atoms with E-state index < -0.39 is 0 Å². The third-order valence-electron chi connectivity index (χ3n) is 4.61. The summed E-state index contributed by atoms with van der Waals surface area (Å²) in [7, 11) is 3.58. The van der Waals surface area contributed by atoms with Crippen LogP contribution in [0.4, 0.5) is 0 Å². The molecule has 27 heavy (non-hydrogen) atoms. The van der Waals surface area contributed by atoms with E-state index in [-0.39, 0.29) is 11.2 Å². The van der Waals surface area contributed by atoms with Crippen LogP contribution in [0.5, 0.6) is 0 Å². The third-order valence-corrected chi connectivity index (χ3v) is 5.79. The zero-order valence-corrected chi connectivity index (χ0v) is 16.3. The number of para-hydroxylation sites is 1. The van der Waals surface area contributed by atoms with Crippen LogP contribution >= 0.6 is 11.8 Å². The molecule has 1 aliphatic rings. The highest BCUT2D eigenvalue weighted by Gasteiger charge is 2.33. The van der Waals surface area contributed by atoms with Gasteiger partial charge in [0.1, 0.15) is 11.1 Å². The van der Waals surface area contributed by atoms with E-state index in [4.69, 9.17) is 0 Å². The lowest BCUT2D eigenvalue weighted by Gasteiger charge is -2.20. The highest BCUT2D eigenvalue weighted by Crippen LogP contribution is 2.43. The first-order valence-corrected chi connectivity index (χ1v) is 9.96. The summed E-state index contributed by atoms with van der Waals surface area (Å²) in [5, 5.41) is 9.33. The average molecular weight is 379 g/mol. The Bertz CT molecular complexity index is 920. The predicted octanol–water partition coefficient (Wildman–Crippen LogP) is 4.07. The number of hydrogen-bond acceptors (Lipinski definition) is 4. The molecule has 1 aromatic heterocycles. The topological polar surface area (TPSA) is 51.0 Å². The minimum Gasteiger partial charge on any atom is -0.348 e. The van der Waals surface area contributed by atoms with Crippen molar-refractivity contribution in [2.24, 2.45) is 0 Å². The van der Waals surface area contributed by atoms with Gasteiger partial charge < -0.3 is 4.90 Å². The van der Waals surface area contributed by atoms with E-state index in [9.17, 15) is 4.79 Å². The molecule has 0 bridgehead atoms. The van der Waals surface area contributed by atoms with E-state index in [1.807, 2.05) is 48.5 Å². The normalized spacial score (nSPS) is 14.7. The molecule has 0 saturated heterocycles. The van der Waals surface area contributed by atoms with Crippen LogP contribution in [0.25, 0.3) is 5.69 Å². The van der Waals surface area contributed by atoms with Gasteiger partial charge in [-0.2, -0.15) is 0 Å². The van der Waals surface area contributed by atoms with Crippen molar-refractivity contribution in [3.05, 3.63) is 72.1 Å². The van der Waals surface area contributed by atoms with E-state index >= 15 is 0 Å². The molecule has 0 spiro atoms. The number of amides is 1. The van der Waals surface area contributed by atoms with Gasteiger partial charge in [0.25, 0.3) is 0 Å². The fraction of sp³-hybridized carbons (Fsp3) is 0.286. The number of carbonyl (C=O) groups excluding carboxylic acids is 1. The second-order valence-electron chi connectivity index (χ2n) is 6.93. The smallest absolute Gasteiger partial charge is 0.240 e. The minimum atomic E-state index is -0.361. The minimum absolute atomic E-state index is 0.0433. The summed E-state index contributed by atoms with van der Waals surface area (Å²) in [5.74, 6) is 1.50. The summed E-state index contributed by atoms with van der Waals surface area (Å²) in [5.41, 5.74) is 2.01. The first kappa shape index (κ1) is 17.8. The second kappa shape index (κ2) is 7.56. The maximum atomic E-state index is 12.9. The number of rotatable bonds is 6. The van der Waals surface area contributed by atoms with Crippen molar-refractivity contribution in [2.75, 3.05) is 14.1 Å². The molecule has 1 heterocycles. The Labute approximate surface area is 163 Å². The molecule has 1 saturated carbocycles. The van der Waals surface area contributed by atoms with E-state index in [0.29, 0.717) is 5.92 Å². The molecule has 0 radical (unpaired) electrons. The number of hydrogen-bond donors (Lipinski definition) is 0. The van der Waals surface area contributed by atoms with Crippen LogP contribution in [0, 0.1) is 0 Å². The van der Waals surface area contributed by atoms with E-state index in [1.54, 1.807) is 19.0 Å². The Balaban J connectivity index is 1.75. The molecule has 4 rings (SSSR count). The van der Waals surface area contributed by atoms with Gasteiger partial charge in [-0.15, -0.1) is 10.2 Å². The molecule has 0 unspecified atom stereocenters. The van der Waals surface area contributed by atoms with Crippen LogP contribution in [0.2, 0.25) is 0 Å². The van der Waals surface area contributed by atoms with Crippen LogP contribution in [0.1, 0.15) is 35.4 Å². The standard InChI is InChI=1S/C21H22N4OS/c1-24(2)20(26)18(15-9-5-3-6-10-15)27-21-23-22-19(16-13-14-16)25(21)17-11-7-4-8-12-17/h3-12,16,18H,13-14H2,1-2H3/t18-/m0/s1. The van der Waals surface area contributed by atoms with Gasteiger partial charge in [-0.3, -0.25) is 9.36 Å². The number of nitrogens with zero attached hydrogens (tertiary/aromatic N) is 4. The van der Waals surface area contributed by atoms with Crippen molar-refractivity contribution >= 4 is 17.7 Å². The van der Waals surface area contributed by atoms with Crippen molar-refractivity contribution in [2.45, 2.75) is 29.2 Å². The molecule has 6 heteroatoms. The Morgan fingerprint density at radius 3 is 2.26 bits per heavy atom. The SMILES string of the molecule is CN(C)C(=O)[C@@H](Sc1nnc(C2CC2)n1-c1ccccc1)c1ccccc1. The summed E-state index contributed by atoms with van der Waals surface area (Å²) < 4.78 is 2.11. The lowest BCUT2D eigenvalue weighted by atomic mass is 10.1. The van der Waals surface area contributed by atoms with Crippen molar-refractivity contribution in [1.82, 2.24) is 19.7 Å². The highest BCUT2D eigenvalue weighted by molar-refractivity contribution is 8.00. The van der Waals surface area contributed by atoms with Crippen LogP contribution < -0.4 is 0 Å².